The third-order valence-electron chi connectivity index (χ3n) is 6.80. The second kappa shape index (κ2) is 10.1. The van der Waals surface area contributed by atoms with Gasteiger partial charge >= 0.3 is 5.97 Å². The third-order valence-corrected chi connectivity index (χ3v) is 6.80. The number of hydrogen-bond acceptors (Lipinski definition) is 6. The number of ether oxygens (including phenoxy) is 3. The Hall–Kier alpha value is -2.94. The zero-order valence-corrected chi connectivity index (χ0v) is 20.0. The van der Waals surface area contributed by atoms with Crippen molar-refractivity contribution in [2.24, 2.45) is 11.3 Å². The summed E-state index contributed by atoms with van der Waals surface area (Å²) in [5.41, 5.74) is 2.19. The van der Waals surface area contributed by atoms with Crippen LogP contribution in [0.25, 0.3) is 0 Å². The summed E-state index contributed by atoms with van der Waals surface area (Å²) >= 11 is 0. The number of nitrogens with one attached hydrogen (secondary N) is 1. The lowest BCUT2D eigenvalue weighted by molar-refractivity contribution is 0.0151. The standard InChI is InChI=1S/C25H32FN3O5/c1-4-18-21-19(12-25(15-27-23(21)30)8-10-33-11-9-25)29(28-18)13-16(2)14-34-24(31)17-6-5-7-20(32-3)22(17)26/h5-7,16H,4,8-15H2,1-3H3,(H,27,30)/t16-/m1/s1. The number of amides is 1. The minimum Gasteiger partial charge on any atom is -0.494 e. The molecule has 1 saturated heterocycles. The van der Waals surface area contributed by atoms with Crippen molar-refractivity contribution in [3.8, 4) is 5.75 Å². The number of rotatable bonds is 7. The lowest BCUT2D eigenvalue weighted by Crippen LogP contribution is -2.41. The molecule has 1 atom stereocenters. The van der Waals surface area contributed by atoms with Gasteiger partial charge in [0.2, 0.25) is 0 Å². The van der Waals surface area contributed by atoms with Crippen LogP contribution in [0.1, 0.15) is 58.8 Å². The molecular weight excluding hydrogens is 441 g/mol. The van der Waals surface area contributed by atoms with Crippen LogP contribution in [-0.4, -0.2) is 55.1 Å². The predicted molar refractivity (Wildman–Crippen MR) is 123 cm³/mol. The summed E-state index contributed by atoms with van der Waals surface area (Å²) in [6.07, 6.45) is 3.17. The number of aryl methyl sites for hydroxylation is 1. The Bertz CT molecular complexity index is 1060. The first-order valence-corrected chi connectivity index (χ1v) is 11.8. The van der Waals surface area contributed by atoms with E-state index in [1.54, 1.807) is 6.07 Å². The minimum absolute atomic E-state index is 0.00542. The molecule has 1 aromatic heterocycles. The Morgan fingerprint density at radius 3 is 2.82 bits per heavy atom. The number of fused-ring (bicyclic) bond motifs is 1. The van der Waals surface area contributed by atoms with Crippen molar-refractivity contribution in [2.45, 2.75) is 46.1 Å². The summed E-state index contributed by atoms with van der Waals surface area (Å²) < 4.78 is 32.2. The van der Waals surface area contributed by atoms with E-state index in [-0.39, 0.29) is 35.2 Å². The van der Waals surface area contributed by atoms with E-state index in [2.05, 4.69) is 5.32 Å². The van der Waals surface area contributed by atoms with Gasteiger partial charge in [-0.05, 0) is 43.2 Å². The fourth-order valence-corrected chi connectivity index (χ4v) is 4.79. The number of hydrogen-bond donors (Lipinski definition) is 1. The maximum Gasteiger partial charge on any atom is 0.341 e. The molecule has 2 aliphatic rings. The van der Waals surface area contributed by atoms with E-state index < -0.39 is 11.8 Å². The Morgan fingerprint density at radius 1 is 1.35 bits per heavy atom. The summed E-state index contributed by atoms with van der Waals surface area (Å²) in [5.74, 6) is -1.65. The number of nitrogens with zero attached hydrogens (tertiary/aromatic N) is 2. The molecule has 3 heterocycles. The van der Waals surface area contributed by atoms with Crippen LogP contribution in [0, 0.1) is 17.2 Å². The van der Waals surface area contributed by atoms with Gasteiger partial charge < -0.3 is 19.5 Å². The lowest BCUT2D eigenvalue weighted by atomic mass is 9.76. The maximum atomic E-state index is 14.4. The molecule has 0 aliphatic carbocycles. The molecule has 1 amide bonds. The van der Waals surface area contributed by atoms with Gasteiger partial charge in [0.1, 0.15) is 0 Å². The Kier molecular flexibility index (Phi) is 7.21. The molecular formula is C25H32FN3O5. The van der Waals surface area contributed by atoms with Gasteiger partial charge in [-0.3, -0.25) is 9.48 Å². The van der Waals surface area contributed by atoms with Crippen molar-refractivity contribution in [3.05, 3.63) is 46.5 Å². The van der Waals surface area contributed by atoms with Crippen molar-refractivity contribution in [1.29, 1.82) is 0 Å². The Labute approximate surface area is 198 Å². The first-order valence-electron chi connectivity index (χ1n) is 11.8. The van der Waals surface area contributed by atoms with Crippen LogP contribution < -0.4 is 10.1 Å². The van der Waals surface area contributed by atoms with Gasteiger partial charge in [-0.15, -0.1) is 0 Å². The van der Waals surface area contributed by atoms with Crippen molar-refractivity contribution in [3.63, 3.8) is 0 Å². The van der Waals surface area contributed by atoms with Gasteiger partial charge in [-0.1, -0.05) is 19.9 Å². The molecule has 2 aliphatic heterocycles. The number of aromatic nitrogens is 2. The summed E-state index contributed by atoms with van der Waals surface area (Å²) in [6.45, 7) is 6.51. The highest BCUT2D eigenvalue weighted by atomic mass is 19.1. The van der Waals surface area contributed by atoms with Crippen molar-refractivity contribution in [2.75, 3.05) is 33.5 Å². The fourth-order valence-electron chi connectivity index (χ4n) is 4.79. The van der Waals surface area contributed by atoms with E-state index in [9.17, 15) is 14.0 Å². The van der Waals surface area contributed by atoms with Crippen LogP contribution in [0.4, 0.5) is 4.39 Å². The van der Waals surface area contributed by atoms with Gasteiger partial charge in [0.25, 0.3) is 5.91 Å². The largest absolute Gasteiger partial charge is 0.494 e. The molecule has 1 aromatic carbocycles. The lowest BCUT2D eigenvalue weighted by Gasteiger charge is -2.36. The average Bonchev–Trinajstić information content (AvgIpc) is 3.11. The van der Waals surface area contributed by atoms with Crippen LogP contribution in [0.3, 0.4) is 0 Å². The number of halogens is 1. The number of methoxy groups -OCH3 is 1. The van der Waals surface area contributed by atoms with E-state index in [4.69, 9.17) is 19.3 Å². The van der Waals surface area contributed by atoms with Gasteiger partial charge in [0.05, 0.1) is 36.2 Å². The predicted octanol–water partition coefficient (Wildman–Crippen LogP) is 3.17. The van der Waals surface area contributed by atoms with Crippen LogP contribution in [-0.2, 0) is 28.9 Å². The molecule has 1 fully saturated rings. The van der Waals surface area contributed by atoms with Crippen LogP contribution in [0.5, 0.6) is 5.75 Å². The van der Waals surface area contributed by atoms with E-state index in [0.717, 1.165) is 30.7 Å². The monoisotopic (exact) mass is 473 g/mol. The van der Waals surface area contributed by atoms with Crippen molar-refractivity contribution >= 4 is 11.9 Å². The number of esters is 1. The highest BCUT2D eigenvalue weighted by Crippen LogP contribution is 2.37. The molecule has 1 N–H and O–H groups in total. The van der Waals surface area contributed by atoms with Gasteiger partial charge in [-0.25, -0.2) is 9.18 Å². The summed E-state index contributed by atoms with van der Waals surface area (Å²) in [4.78, 5) is 25.4. The summed E-state index contributed by atoms with van der Waals surface area (Å²) in [6, 6.07) is 4.37. The molecule has 184 valence electrons. The van der Waals surface area contributed by atoms with Crippen LogP contribution >= 0.6 is 0 Å². The van der Waals surface area contributed by atoms with E-state index >= 15 is 0 Å². The zero-order chi connectivity index (χ0) is 24.3. The molecule has 1 spiro atoms. The van der Waals surface area contributed by atoms with Crippen molar-refractivity contribution < 1.29 is 28.2 Å². The second-order valence-corrected chi connectivity index (χ2v) is 9.30. The molecule has 9 heteroatoms. The highest BCUT2D eigenvalue weighted by Gasteiger charge is 2.39. The van der Waals surface area contributed by atoms with Crippen LogP contribution in [0.2, 0.25) is 0 Å². The molecule has 2 aromatic rings. The van der Waals surface area contributed by atoms with Crippen molar-refractivity contribution in [1.82, 2.24) is 15.1 Å². The fraction of sp³-hybridized carbons (Fsp3) is 0.560. The quantitative estimate of drug-likeness (QED) is 0.621. The second-order valence-electron chi connectivity index (χ2n) is 9.30. The summed E-state index contributed by atoms with van der Waals surface area (Å²) in [5, 5.41) is 7.86. The van der Waals surface area contributed by atoms with E-state index in [1.165, 1.54) is 19.2 Å². The van der Waals surface area contributed by atoms with E-state index in [1.807, 2.05) is 18.5 Å². The number of carbonyl (C=O) groups is 2. The zero-order valence-electron chi connectivity index (χ0n) is 20.0. The molecule has 4 rings (SSSR count). The average molecular weight is 474 g/mol. The number of carbonyl (C=O) groups excluding carboxylic acids is 2. The summed E-state index contributed by atoms with van der Waals surface area (Å²) in [7, 11) is 1.35. The van der Waals surface area contributed by atoms with Gasteiger partial charge in [0, 0.05) is 32.2 Å². The molecule has 0 unspecified atom stereocenters. The third kappa shape index (κ3) is 4.80. The van der Waals surface area contributed by atoms with Gasteiger partial charge in [0.15, 0.2) is 11.6 Å². The minimum atomic E-state index is -0.739. The molecule has 8 nitrogen and oxygen atoms in total. The smallest absolute Gasteiger partial charge is 0.341 e. The van der Waals surface area contributed by atoms with Crippen LogP contribution in [0.15, 0.2) is 18.2 Å². The first-order chi connectivity index (χ1) is 16.4. The normalized spacial score (nSPS) is 18.1. The molecule has 34 heavy (non-hydrogen) atoms. The highest BCUT2D eigenvalue weighted by molar-refractivity contribution is 5.97. The Balaban J connectivity index is 1.50. The maximum absolute atomic E-state index is 14.4. The topological polar surface area (TPSA) is 91.7 Å². The Morgan fingerprint density at radius 2 is 2.12 bits per heavy atom. The number of benzene rings is 1. The van der Waals surface area contributed by atoms with Gasteiger partial charge in [-0.2, -0.15) is 5.10 Å². The first kappa shape index (κ1) is 24.2. The van der Waals surface area contributed by atoms with E-state index in [0.29, 0.717) is 38.3 Å². The molecule has 0 saturated carbocycles. The SMILES string of the molecule is CCc1nn(C[C@@H](C)COC(=O)c2cccc(OC)c2F)c2c1C(=O)NCC1(CCOCC1)C2. The molecule has 0 bridgehead atoms. The molecule has 0 radical (unpaired) electrons.